The second-order valence-electron chi connectivity index (χ2n) is 11.4. The summed E-state index contributed by atoms with van der Waals surface area (Å²) in [5.41, 5.74) is 0.683. The standard InChI is InChI=1S/C16H17F3N4O2.C16H17F3N2O4/c1-2-25-15(24)13-8-12(21-22-13)10-7-11(17)14(20-9-10)23-5-3-16(18,19)4-6-23;1-2-25-15(24)13(23)8-12(22)10-7-11(17)14(20-9-10)21-5-3-16(18,19)4-6-21/h7-9H,2-6H2,1H3,(H,21,22);7,9H,2-6,8H2,1H3. The molecule has 18 heteroatoms. The van der Waals surface area contributed by atoms with E-state index in [0.29, 0.717) is 11.3 Å². The maximum atomic E-state index is 14.4. The summed E-state index contributed by atoms with van der Waals surface area (Å²) >= 11 is 0. The van der Waals surface area contributed by atoms with E-state index in [9.17, 15) is 45.5 Å². The lowest BCUT2D eigenvalue weighted by Crippen LogP contribution is -2.40. The van der Waals surface area contributed by atoms with Crippen LogP contribution in [0.1, 0.15) is 66.8 Å². The molecule has 50 heavy (non-hydrogen) atoms. The lowest BCUT2D eigenvalue weighted by atomic mass is 10.1. The van der Waals surface area contributed by atoms with E-state index in [-0.39, 0.29) is 75.1 Å². The van der Waals surface area contributed by atoms with Gasteiger partial charge in [0.15, 0.2) is 29.1 Å². The van der Waals surface area contributed by atoms with Crippen LogP contribution in [0.5, 0.6) is 0 Å². The zero-order valence-electron chi connectivity index (χ0n) is 27.1. The number of nitrogens with zero attached hydrogens (tertiary/aromatic N) is 5. The molecule has 5 heterocycles. The first-order valence-corrected chi connectivity index (χ1v) is 15.7. The number of aromatic nitrogens is 4. The van der Waals surface area contributed by atoms with Crippen molar-refractivity contribution in [3.05, 3.63) is 53.5 Å². The van der Waals surface area contributed by atoms with Crippen molar-refractivity contribution in [1.82, 2.24) is 20.2 Å². The van der Waals surface area contributed by atoms with E-state index in [1.165, 1.54) is 35.1 Å². The number of carbonyl (C=O) groups excluding carboxylic acids is 4. The van der Waals surface area contributed by atoms with Crippen LogP contribution in [0, 0.1) is 11.6 Å². The predicted molar refractivity (Wildman–Crippen MR) is 165 cm³/mol. The van der Waals surface area contributed by atoms with Crippen molar-refractivity contribution in [3.63, 3.8) is 0 Å². The van der Waals surface area contributed by atoms with E-state index in [4.69, 9.17) is 4.74 Å². The predicted octanol–water partition coefficient (Wildman–Crippen LogP) is 5.18. The fourth-order valence-corrected chi connectivity index (χ4v) is 5.03. The summed E-state index contributed by atoms with van der Waals surface area (Å²) in [6.45, 7) is 3.42. The Balaban J connectivity index is 0.000000225. The number of H-pyrrole nitrogens is 1. The second kappa shape index (κ2) is 16.1. The van der Waals surface area contributed by atoms with Gasteiger partial charge in [-0.1, -0.05) is 0 Å². The third-order valence-electron chi connectivity index (χ3n) is 7.75. The van der Waals surface area contributed by atoms with Gasteiger partial charge in [0.25, 0.3) is 11.8 Å². The zero-order valence-corrected chi connectivity index (χ0v) is 27.1. The minimum Gasteiger partial charge on any atom is -0.461 e. The Morgan fingerprint density at radius 3 is 1.80 bits per heavy atom. The Hall–Kier alpha value is -5.03. The van der Waals surface area contributed by atoms with Crippen LogP contribution >= 0.6 is 0 Å². The van der Waals surface area contributed by atoms with Gasteiger partial charge < -0.3 is 19.3 Å². The molecule has 5 rings (SSSR count). The van der Waals surface area contributed by atoms with Gasteiger partial charge in [-0.2, -0.15) is 5.10 Å². The summed E-state index contributed by atoms with van der Waals surface area (Å²) in [4.78, 5) is 57.0. The molecular weight excluding hydrogens is 678 g/mol. The van der Waals surface area contributed by atoms with E-state index < -0.39 is 66.2 Å². The van der Waals surface area contributed by atoms with Crippen molar-refractivity contribution < 1.29 is 55.0 Å². The highest BCUT2D eigenvalue weighted by atomic mass is 19.3. The number of carbonyl (C=O) groups is 4. The van der Waals surface area contributed by atoms with Gasteiger partial charge in [0, 0.05) is 75.4 Å². The number of hydrogen-bond acceptors (Lipinski definition) is 11. The van der Waals surface area contributed by atoms with E-state index in [1.807, 2.05) is 0 Å². The summed E-state index contributed by atoms with van der Waals surface area (Å²) in [7, 11) is 0. The van der Waals surface area contributed by atoms with Crippen molar-refractivity contribution in [2.24, 2.45) is 0 Å². The average Bonchev–Trinajstić information content (AvgIpc) is 3.57. The first-order valence-electron chi connectivity index (χ1n) is 15.7. The highest BCUT2D eigenvalue weighted by Crippen LogP contribution is 2.32. The van der Waals surface area contributed by atoms with E-state index in [2.05, 4.69) is 24.9 Å². The van der Waals surface area contributed by atoms with Gasteiger partial charge in [0.1, 0.15) is 5.69 Å². The number of anilines is 2. The molecule has 0 amide bonds. The van der Waals surface area contributed by atoms with E-state index >= 15 is 0 Å². The quantitative estimate of drug-likeness (QED) is 0.0975. The number of piperidine rings is 2. The summed E-state index contributed by atoms with van der Waals surface area (Å²) in [5.74, 6) is -10.5. The van der Waals surface area contributed by atoms with Crippen molar-refractivity contribution in [2.45, 2.75) is 57.8 Å². The monoisotopic (exact) mass is 712 g/mol. The van der Waals surface area contributed by atoms with Crippen molar-refractivity contribution >= 4 is 35.1 Å². The highest BCUT2D eigenvalue weighted by Gasteiger charge is 2.36. The molecule has 2 aliphatic heterocycles. The number of ether oxygens (including phenoxy) is 2. The van der Waals surface area contributed by atoms with Crippen LogP contribution in [0.2, 0.25) is 0 Å². The molecule has 3 aromatic rings. The topological polar surface area (TPSA) is 148 Å². The van der Waals surface area contributed by atoms with Crippen LogP contribution < -0.4 is 9.80 Å². The van der Waals surface area contributed by atoms with Gasteiger partial charge in [-0.3, -0.25) is 14.7 Å². The summed E-state index contributed by atoms with van der Waals surface area (Å²) < 4.78 is 90.6. The Morgan fingerprint density at radius 1 is 0.780 bits per heavy atom. The summed E-state index contributed by atoms with van der Waals surface area (Å²) in [6, 6.07) is 3.55. The number of hydrogen-bond donors (Lipinski definition) is 1. The molecule has 0 aromatic carbocycles. The molecular formula is C32H34F6N6O6. The van der Waals surface area contributed by atoms with E-state index in [0.717, 1.165) is 12.3 Å². The molecule has 1 N–H and O–H groups in total. The van der Waals surface area contributed by atoms with Gasteiger partial charge in [-0.15, -0.1) is 0 Å². The number of nitrogens with one attached hydrogen (secondary N) is 1. The molecule has 0 atom stereocenters. The van der Waals surface area contributed by atoms with Gasteiger partial charge >= 0.3 is 11.9 Å². The minimum atomic E-state index is -2.77. The molecule has 12 nitrogen and oxygen atoms in total. The Bertz CT molecular complexity index is 1700. The van der Waals surface area contributed by atoms with Crippen LogP contribution in [-0.4, -0.2) is 94.9 Å². The molecule has 0 aliphatic carbocycles. The smallest absolute Gasteiger partial charge is 0.375 e. The molecule has 0 bridgehead atoms. The number of esters is 2. The van der Waals surface area contributed by atoms with Gasteiger partial charge in [-0.05, 0) is 32.0 Å². The number of rotatable bonds is 10. The van der Waals surface area contributed by atoms with E-state index in [1.54, 1.807) is 6.92 Å². The van der Waals surface area contributed by atoms with Crippen LogP contribution in [-0.2, 0) is 19.1 Å². The number of pyridine rings is 2. The lowest BCUT2D eigenvalue weighted by Gasteiger charge is -2.32. The first-order chi connectivity index (χ1) is 23.6. The molecule has 0 radical (unpaired) electrons. The zero-order chi connectivity index (χ0) is 36.6. The second-order valence-corrected chi connectivity index (χ2v) is 11.4. The highest BCUT2D eigenvalue weighted by molar-refractivity contribution is 6.38. The molecule has 2 fully saturated rings. The largest absolute Gasteiger partial charge is 0.461 e. The maximum absolute atomic E-state index is 14.4. The molecule has 0 spiro atoms. The number of alkyl halides is 4. The third-order valence-corrected chi connectivity index (χ3v) is 7.75. The SMILES string of the molecule is CCOC(=O)C(=O)CC(=O)c1cnc(N2CCC(F)(F)CC2)c(F)c1.CCOC(=O)c1cc(-c2cnc(N3CCC(F)(F)CC3)c(F)c2)n[nH]1. The number of halogens is 6. The molecule has 2 saturated heterocycles. The molecule has 2 aliphatic rings. The molecule has 270 valence electrons. The maximum Gasteiger partial charge on any atom is 0.375 e. The lowest BCUT2D eigenvalue weighted by molar-refractivity contribution is -0.153. The molecule has 0 unspecified atom stereocenters. The normalized spacial score (nSPS) is 16.6. The average molecular weight is 713 g/mol. The summed E-state index contributed by atoms with van der Waals surface area (Å²) in [6.07, 6.45) is 0.263. The number of Topliss-reactive ketones (excluding diaryl/α,β-unsaturated/α-hetero) is 2. The molecule has 3 aromatic heterocycles. The van der Waals surface area contributed by atoms with Crippen molar-refractivity contribution in [2.75, 3.05) is 49.2 Å². The Kier molecular flexibility index (Phi) is 12.2. The first kappa shape index (κ1) is 37.8. The van der Waals surface area contributed by atoms with Crippen LogP contribution in [0.4, 0.5) is 38.0 Å². The Labute approximate surface area is 282 Å². The third kappa shape index (κ3) is 9.78. The number of ketones is 2. The number of aromatic amines is 1. The van der Waals surface area contributed by atoms with Gasteiger partial charge in [0.2, 0.25) is 5.78 Å². The fourth-order valence-electron chi connectivity index (χ4n) is 5.03. The molecule has 0 saturated carbocycles. The van der Waals surface area contributed by atoms with Crippen LogP contribution in [0.3, 0.4) is 0 Å². The van der Waals surface area contributed by atoms with Crippen LogP contribution in [0.15, 0.2) is 30.6 Å². The fraction of sp³-hybridized carbons (Fsp3) is 0.469. The van der Waals surface area contributed by atoms with Gasteiger partial charge in [-0.25, -0.2) is 45.9 Å². The summed E-state index contributed by atoms with van der Waals surface area (Å²) in [5, 5.41) is 6.47. The minimum absolute atomic E-state index is 0.00146. The van der Waals surface area contributed by atoms with Crippen LogP contribution in [0.25, 0.3) is 11.3 Å². The van der Waals surface area contributed by atoms with Crippen molar-refractivity contribution in [3.8, 4) is 11.3 Å². The van der Waals surface area contributed by atoms with Gasteiger partial charge in [0.05, 0.1) is 25.3 Å². The van der Waals surface area contributed by atoms with Crippen molar-refractivity contribution in [1.29, 1.82) is 0 Å². The Morgan fingerprint density at radius 2 is 1.30 bits per heavy atom.